The Labute approximate surface area is 292 Å². The molecule has 0 spiro atoms. The molecule has 2 amide bonds. The lowest BCUT2D eigenvalue weighted by atomic mass is 9.94. The highest BCUT2D eigenvalue weighted by atomic mass is 35.5. The van der Waals surface area contributed by atoms with Crippen LogP contribution in [0.25, 0.3) is 0 Å². The van der Waals surface area contributed by atoms with Crippen molar-refractivity contribution in [2.24, 2.45) is 0 Å². The SMILES string of the molecule is COc1ccccc1N(CC(=O)N(Cc1ccc(Cl)cc1Cl)C(Cc1ccccc1)C(=O)NC1CCCCC1)S(=O)(=O)c1ccccc1. The number of ether oxygens (including phenoxy) is 1. The van der Waals surface area contributed by atoms with Gasteiger partial charge in [0.15, 0.2) is 0 Å². The maximum absolute atomic E-state index is 14.7. The maximum Gasteiger partial charge on any atom is 0.264 e. The molecule has 0 saturated heterocycles. The minimum absolute atomic E-state index is 0.00637. The van der Waals surface area contributed by atoms with Crippen LogP contribution in [-0.2, 0) is 32.6 Å². The van der Waals surface area contributed by atoms with E-state index >= 15 is 0 Å². The zero-order valence-electron chi connectivity index (χ0n) is 26.7. The Kier molecular flexibility index (Phi) is 12.0. The van der Waals surface area contributed by atoms with E-state index in [1.54, 1.807) is 60.7 Å². The van der Waals surface area contributed by atoms with Gasteiger partial charge in [0.1, 0.15) is 18.3 Å². The van der Waals surface area contributed by atoms with Crippen molar-refractivity contribution >= 4 is 50.7 Å². The summed E-state index contributed by atoms with van der Waals surface area (Å²) >= 11 is 12.8. The van der Waals surface area contributed by atoms with Gasteiger partial charge in [0.2, 0.25) is 11.8 Å². The second-order valence-corrected chi connectivity index (χ2v) is 14.5. The number of benzene rings is 4. The normalized spacial score (nSPS) is 14.1. The van der Waals surface area contributed by atoms with E-state index in [0.717, 1.165) is 42.0 Å². The summed E-state index contributed by atoms with van der Waals surface area (Å²) < 4.78 is 35.1. The molecule has 5 rings (SSSR count). The number of nitrogens with zero attached hydrogens (tertiary/aromatic N) is 2. The van der Waals surface area contributed by atoms with E-state index in [2.05, 4.69) is 5.32 Å². The molecule has 1 N–H and O–H groups in total. The molecule has 0 radical (unpaired) electrons. The molecule has 1 fully saturated rings. The molecule has 1 atom stereocenters. The van der Waals surface area contributed by atoms with E-state index in [4.69, 9.17) is 27.9 Å². The Hall–Kier alpha value is -4.05. The fraction of sp³-hybridized carbons (Fsp3) is 0.297. The van der Waals surface area contributed by atoms with Gasteiger partial charge >= 0.3 is 0 Å². The van der Waals surface area contributed by atoms with E-state index in [1.807, 2.05) is 30.3 Å². The molecule has 1 aliphatic rings. The standard InChI is InChI=1S/C37H39Cl2N3O5S/c1-47-35-20-12-11-19-33(35)42(48(45,46)31-17-9-4-10-18-31)26-36(43)41(25-28-21-22-29(38)24-32(28)39)34(23-27-13-5-2-6-14-27)37(44)40-30-15-7-3-8-16-30/h2,4-6,9-14,17-22,24,30,34H,3,7-8,15-16,23,25-26H2,1H3,(H,40,44). The molecule has 0 aromatic heterocycles. The predicted octanol–water partition coefficient (Wildman–Crippen LogP) is 7.29. The van der Waals surface area contributed by atoms with Crippen LogP contribution in [0.15, 0.2) is 108 Å². The van der Waals surface area contributed by atoms with Gasteiger partial charge in [0.05, 0.1) is 17.7 Å². The summed E-state index contributed by atoms with van der Waals surface area (Å²) in [6.45, 7) is -0.666. The third-order valence-corrected chi connectivity index (χ3v) is 10.9. The van der Waals surface area contributed by atoms with Gasteiger partial charge in [-0.2, -0.15) is 0 Å². The highest BCUT2D eigenvalue weighted by Crippen LogP contribution is 2.33. The molecular formula is C37H39Cl2N3O5S. The first-order chi connectivity index (χ1) is 23.2. The van der Waals surface area contributed by atoms with Gasteiger partial charge in [-0.25, -0.2) is 8.42 Å². The van der Waals surface area contributed by atoms with Crippen molar-refractivity contribution in [2.45, 2.75) is 62.0 Å². The first-order valence-corrected chi connectivity index (χ1v) is 18.2. The molecule has 4 aromatic rings. The van der Waals surface area contributed by atoms with Gasteiger partial charge in [0, 0.05) is 29.1 Å². The number of para-hydroxylation sites is 2. The number of anilines is 1. The van der Waals surface area contributed by atoms with Crippen LogP contribution < -0.4 is 14.4 Å². The van der Waals surface area contributed by atoms with Crippen LogP contribution in [-0.4, -0.2) is 50.9 Å². The van der Waals surface area contributed by atoms with Crippen LogP contribution >= 0.6 is 23.2 Å². The number of amides is 2. The highest BCUT2D eigenvalue weighted by Gasteiger charge is 2.36. The molecule has 0 bridgehead atoms. The molecule has 8 nitrogen and oxygen atoms in total. The fourth-order valence-corrected chi connectivity index (χ4v) is 7.91. The van der Waals surface area contributed by atoms with E-state index in [-0.39, 0.29) is 41.2 Å². The molecule has 1 aliphatic carbocycles. The monoisotopic (exact) mass is 707 g/mol. The number of nitrogens with one attached hydrogen (secondary N) is 1. The average Bonchev–Trinajstić information content (AvgIpc) is 3.10. The third-order valence-electron chi connectivity index (χ3n) is 8.54. The van der Waals surface area contributed by atoms with Crippen molar-refractivity contribution in [2.75, 3.05) is 18.0 Å². The fourth-order valence-electron chi connectivity index (χ4n) is 6.00. The van der Waals surface area contributed by atoms with E-state index < -0.39 is 28.5 Å². The summed E-state index contributed by atoms with van der Waals surface area (Å²) in [4.78, 5) is 30.4. The van der Waals surface area contributed by atoms with Crippen molar-refractivity contribution in [1.29, 1.82) is 0 Å². The second-order valence-electron chi connectivity index (χ2n) is 11.8. The number of hydrogen-bond donors (Lipinski definition) is 1. The molecule has 11 heteroatoms. The summed E-state index contributed by atoms with van der Waals surface area (Å²) in [6.07, 6.45) is 5.07. The van der Waals surface area contributed by atoms with Crippen LogP contribution in [0.1, 0.15) is 43.2 Å². The van der Waals surface area contributed by atoms with Gasteiger partial charge in [0.25, 0.3) is 10.0 Å². The molecule has 0 heterocycles. The van der Waals surface area contributed by atoms with Crippen LogP contribution in [0.3, 0.4) is 0 Å². The Morgan fingerprint density at radius 3 is 2.19 bits per heavy atom. The van der Waals surface area contributed by atoms with E-state index in [1.165, 1.54) is 24.1 Å². The smallest absolute Gasteiger partial charge is 0.264 e. The number of carbonyl (C=O) groups is 2. The lowest BCUT2D eigenvalue weighted by Gasteiger charge is -2.35. The van der Waals surface area contributed by atoms with E-state index in [9.17, 15) is 18.0 Å². The molecule has 0 aliphatic heterocycles. The summed E-state index contributed by atoms with van der Waals surface area (Å²) in [7, 11) is -2.83. The molecular weight excluding hydrogens is 669 g/mol. The number of carbonyl (C=O) groups excluding carboxylic acids is 2. The number of hydrogen-bond acceptors (Lipinski definition) is 5. The zero-order chi connectivity index (χ0) is 34.1. The minimum atomic E-state index is -4.27. The average molecular weight is 709 g/mol. The Bertz CT molecular complexity index is 1800. The lowest BCUT2D eigenvalue weighted by Crippen LogP contribution is -2.55. The second kappa shape index (κ2) is 16.4. The van der Waals surface area contributed by atoms with Crippen molar-refractivity contribution in [3.63, 3.8) is 0 Å². The van der Waals surface area contributed by atoms with Crippen LogP contribution in [0.5, 0.6) is 5.75 Å². The predicted molar refractivity (Wildman–Crippen MR) is 190 cm³/mol. The number of halogens is 2. The first kappa shape index (κ1) is 35.3. The molecule has 48 heavy (non-hydrogen) atoms. The largest absolute Gasteiger partial charge is 0.495 e. The summed E-state index contributed by atoms with van der Waals surface area (Å²) in [5.74, 6) is -0.627. The van der Waals surface area contributed by atoms with Gasteiger partial charge in [-0.15, -0.1) is 0 Å². The number of methoxy groups -OCH3 is 1. The summed E-state index contributed by atoms with van der Waals surface area (Å²) in [5.41, 5.74) is 1.60. The van der Waals surface area contributed by atoms with Gasteiger partial charge < -0.3 is 15.0 Å². The van der Waals surface area contributed by atoms with Gasteiger partial charge in [-0.05, 0) is 60.4 Å². The van der Waals surface area contributed by atoms with E-state index in [0.29, 0.717) is 15.6 Å². The van der Waals surface area contributed by atoms with Crippen molar-refractivity contribution in [3.05, 3.63) is 124 Å². The zero-order valence-corrected chi connectivity index (χ0v) is 29.1. The van der Waals surface area contributed by atoms with Crippen LogP contribution in [0.4, 0.5) is 5.69 Å². The molecule has 1 saturated carbocycles. The maximum atomic E-state index is 14.7. The summed E-state index contributed by atoms with van der Waals surface area (Å²) in [6, 6.07) is 27.9. The molecule has 1 unspecified atom stereocenters. The Morgan fingerprint density at radius 1 is 0.875 bits per heavy atom. The lowest BCUT2D eigenvalue weighted by molar-refractivity contribution is -0.140. The van der Waals surface area contributed by atoms with Crippen LogP contribution in [0.2, 0.25) is 10.0 Å². The van der Waals surface area contributed by atoms with Crippen LogP contribution in [0, 0.1) is 0 Å². The Balaban J connectivity index is 1.59. The quantitative estimate of drug-likeness (QED) is 0.158. The topological polar surface area (TPSA) is 96.0 Å². The third kappa shape index (κ3) is 8.69. The Morgan fingerprint density at radius 2 is 1.52 bits per heavy atom. The van der Waals surface area contributed by atoms with Gasteiger partial charge in [-0.1, -0.05) is 109 Å². The number of sulfonamides is 1. The minimum Gasteiger partial charge on any atom is -0.495 e. The summed E-state index contributed by atoms with van der Waals surface area (Å²) in [5, 5.41) is 3.95. The van der Waals surface area contributed by atoms with Crippen molar-refractivity contribution < 1.29 is 22.7 Å². The number of rotatable bonds is 13. The van der Waals surface area contributed by atoms with Crippen molar-refractivity contribution in [1.82, 2.24) is 10.2 Å². The highest BCUT2D eigenvalue weighted by molar-refractivity contribution is 7.92. The first-order valence-electron chi connectivity index (χ1n) is 16.0. The van der Waals surface area contributed by atoms with Gasteiger partial charge in [-0.3, -0.25) is 13.9 Å². The van der Waals surface area contributed by atoms with Crippen molar-refractivity contribution in [3.8, 4) is 5.75 Å². The molecule has 4 aromatic carbocycles. The molecule has 252 valence electrons.